The Bertz CT molecular complexity index is 658. The zero-order chi connectivity index (χ0) is 15.8. The molecule has 3 rings (SSSR count). The van der Waals surface area contributed by atoms with E-state index in [0.29, 0.717) is 24.5 Å². The van der Waals surface area contributed by atoms with Gasteiger partial charge in [-0.15, -0.1) is 0 Å². The van der Waals surface area contributed by atoms with Gasteiger partial charge in [-0.2, -0.15) is 0 Å². The minimum atomic E-state index is -3.30. The van der Waals surface area contributed by atoms with Crippen molar-refractivity contribution in [3.8, 4) is 0 Å². The van der Waals surface area contributed by atoms with E-state index in [9.17, 15) is 18.3 Å². The minimum absolute atomic E-state index is 0.0411. The molecule has 1 aliphatic heterocycles. The third kappa shape index (κ3) is 2.65. The fourth-order valence-corrected chi connectivity index (χ4v) is 5.21. The molecule has 1 heterocycles. The summed E-state index contributed by atoms with van der Waals surface area (Å²) in [5.41, 5.74) is -0.642. The van der Waals surface area contributed by atoms with Crippen molar-refractivity contribution in [2.24, 2.45) is 11.3 Å². The van der Waals surface area contributed by atoms with Crippen LogP contribution >= 0.6 is 0 Å². The summed E-state index contributed by atoms with van der Waals surface area (Å²) in [7, 11) is -3.30. The number of nitrogens with zero attached hydrogens (tertiary/aromatic N) is 1. The summed E-state index contributed by atoms with van der Waals surface area (Å²) in [4.78, 5) is 14.0. The van der Waals surface area contributed by atoms with Crippen LogP contribution in [0, 0.1) is 11.3 Å². The molecule has 2 fully saturated rings. The summed E-state index contributed by atoms with van der Waals surface area (Å²) in [5, 5.41) is 9.55. The van der Waals surface area contributed by atoms with Crippen LogP contribution in [0.15, 0.2) is 35.2 Å². The Morgan fingerprint density at radius 3 is 2.68 bits per heavy atom. The van der Waals surface area contributed by atoms with Crippen LogP contribution in [0.1, 0.15) is 19.3 Å². The summed E-state index contributed by atoms with van der Waals surface area (Å²) in [5.74, 6) is -0.507. The monoisotopic (exact) mass is 323 g/mol. The van der Waals surface area contributed by atoms with Crippen LogP contribution in [-0.4, -0.2) is 49.8 Å². The lowest BCUT2D eigenvalue weighted by Gasteiger charge is -2.23. The molecule has 2 atom stereocenters. The fourth-order valence-electron chi connectivity index (χ4n) is 3.91. The molecular formula is C16H21NO4S. The maximum atomic E-state index is 12.3. The van der Waals surface area contributed by atoms with Gasteiger partial charge < -0.3 is 10.0 Å². The molecule has 0 aromatic heterocycles. The quantitative estimate of drug-likeness (QED) is 0.892. The van der Waals surface area contributed by atoms with Crippen LogP contribution < -0.4 is 0 Å². The third-order valence-corrected chi connectivity index (χ3v) is 6.86. The number of carboxylic acid groups (broad SMARTS) is 1. The molecule has 22 heavy (non-hydrogen) atoms. The number of hydrogen-bond acceptors (Lipinski definition) is 4. The van der Waals surface area contributed by atoms with Gasteiger partial charge in [0.25, 0.3) is 0 Å². The van der Waals surface area contributed by atoms with Gasteiger partial charge in [0.15, 0.2) is 9.84 Å². The summed E-state index contributed by atoms with van der Waals surface area (Å²) >= 11 is 0. The predicted octanol–water partition coefficient (Wildman–Crippen LogP) is 1.65. The Morgan fingerprint density at radius 1 is 1.32 bits per heavy atom. The summed E-state index contributed by atoms with van der Waals surface area (Å²) in [6.07, 6.45) is 2.62. The third-order valence-electron chi connectivity index (χ3n) is 5.15. The van der Waals surface area contributed by atoms with Gasteiger partial charge in [0.05, 0.1) is 16.1 Å². The Morgan fingerprint density at radius 2 is 2.05 bits per heavy atom. The Kier molecular flexibility index (Phi) is 3.99. The largest absolute Gasteiger partial charge is 0.481 e. The van der Waals surface area contributed by atoms with Crippen molar-refractivity contribution in [2.75, 3.05) is 25.4 Å². The molecule has 1 aliphatic carbocycles. The molecule has 0 spiro atoms. The second-order valence-electron chi connectivity index (χ2n) is 6.42. The smallest absolute Gasteiger partial charge is 0.311 e. The lowest BCUT2D eigenvalue weighted by Crippen LogP contribution is -2.36. The van der Waals surface area contributed by atoms with E-state index < -0.39 is 21.2 Å². The highest BCUT2D eigenvalue weighted by Gasteiger charge is 2.54. The van der Waals surface area contributed by atoms with Crippen LogP contribution in [0.25, 0.3) is 0 Å². The van der Waals surface area contributed by atoms with Gasteiger partial charge in [-0.05, 0) is 30.9 Å². The van der Waals surface area contributed by atoms with E-state index in [-0.39, 0.29) is 11.7 Å². The van der Waals surface area contributed by atoms with E-state index in [1.165, 1.54) is 0 Å². The maximum absolute atomic E-state index is 12.3. The van der Waals surface area contributed by atoms with E-state index in [1.807, 2.05) is 4.90 Å². The topological polar surface area (TPSA) is 74.7 Å². The molecule has 0 unspecified atom stereocenters. The maximum Gasteiger partial charge on any atom is 0.311 e. The average molecular weight is 323 g/mol. The van der Waals surface area contributed by atoms with Crippen molar-refractivity contribution in [2.45, 2.75) is 24.2 Å². The molecule has 0 radical (unpaired) electrons. The van der Waals surface area contributed by atoms with Crippen LogP contribution in [-0.2, 0) is 14.6 Å². The number of aliphatic carboxylic acids is 1. The first-order valence-electron chi connectivity index (χ1n) is 7.68. The summed E-state index contributed by atoms with van der Waals surface area (Å²) in [6, 6.07) is 8.43. The zero-order valence-electron chi connectivity index (χ0n) is 12.4. The number of hydrogen-bond donors (Lipinski definition) is 1. The Hall–Kier alpha value is -1.40. The molecule has 0 amide bonds. The van der Waals surface area contributed by atoms with Gasteiger partial charge in [-0.25, -0.2) is 8.42 Å². The molecule has 1 aromatic carbocycles. The molecule has 1 saturated carbocycles. The molecule has 0 bridgehead atoms. The van der Waals surface area contributed by atoms with Crippen molar-refractivity contribution in [1.82, 2.24) is 4.90 Å². The highest BCUT2D eigenvalue weighted by Crippen LogP contribution is 2.48. The second-order valence-corrected chi connectivity index (χ2v) is 8.53. The van der Waals surface area contributed by atoms with Gasteiger partial charge in [-0.1, -0.05) is 24.6 Å². The molecular weight excluding hydrogens is 302 g/mol. The molecule has 6 heteroatoms. The summed E-state index contributed by atoms with van der Waals surface area (Å²) in [6.45, 7) is 1.59. The Balaban J connectivity index is 1.65. The predicted molar refractivity (Wildman–Crippen MR) is 82.3 cm³/mol. The first-order valence-corrected chi connectivity index (χ1v) is 9.33. The number of carbonyl (C=O) groups is 1. The molecule has 5 nitrogen and oxygen atoms in total. The minimum Gasteiger partial charge on any atom is -0.481 e. The van der Waals surface area contributed by atoms with Crippen LogP contribution in [0.5, 0.6) is 0 Å². The summed E-state index contributed by atoms with van der Waals surface area (Å²) < 4.78 is 24.6. The Labute approximate surface area is 130 Å². The second kappa shape index (κ2) is 5.66. The van der Waals surface area contributed by atoms with E-state index in [0.717, 1.165) is 19.3 Å². The van der Waals surface area contributed by atoms with Crippen molar-refractivity contribution >= 4 is 15.8 Å². The van der Waals surface area contributed by atoms with Crippen LogP contribution in [0.2, 0.25) is 0 Å². The standard InChI is InChI=1S/C16H21NO4S/c18-15(19)16-8-4-5-13(16)11-17(12-16)9-10-22(20,21)14-6-2-1-3-7-14/h1-3,6-7,13H,4-5,8-12H2,(H,18,19)/t13-,16+/m0/s1. The van der Waals surface area contributed by atoms with Crippen molar-refractivity contribution in [1.29, 1.82) is 0 Å². The molecule has 1 saturated heterocycles. The van der Waals surface area contributed by atoms with Crippen molar-refractivity contribution in [3.63, 3.8) is 0 Å². The van der Waals surface area contributed by atoms with Gasteiger partial charge >= 0.3 is 5.97 Å². The highest BCUT2D eigenvalue weighted by molar-refractivity contribution is 7.91. The average Bonchev–Trinajstić information content (AvgIpc) is 3.04. The number of likely N-dealkylation sites (tertiary alicyclic amines) is 1. The number of fused-ring (bicyclic) bond motifs is 1. The lowest BCUT2D eigenvalue weighted by atomic mass is 9.81. The first kappa shape index (κ1) is 15.5. The van der Waals surface area contributed by atoms with Gasteiger partial charge in [0, 0.05) is 19.6 Å². The first-order chi connectivity index (χ1) is 10.4. The molecule has 1 aromatic rings. The lowest BCUT2D eigenvalue weighted by molar-refractivity contribution is -0.149. The number of benzene rings is 1. The normalized spacial score (nSPS) is 28.6. The molecule has 120 valence electrons. The van der Waals surface area contributed by atoms with Gasteiger partial charge in [0.2, 0.25) is 0 Å². The van der Waals surface area contributed by atoms with Crippen molar-refractivity contribution in [3.05, 3.63) is 30.3 Å². The molecule has 1 N–H and O–H groups in total. The van der Waals surface area contributed by atoms with Crippen molar-refractivity contribution < 1.29 is 18.3 Å². The van der Waals surface area contributed by atoms with E-state index in [1.54, 1.807) is 30.3 Å². The van der Waals surface area contributed by atoms with Gasteiger partial charge in [-0.3, -0.25) is 4.79 Å². The SMILES string of the molecule is O=C(O)[C@@]12CCC[C@H]1CN(CCS(=O)(=O)c1ccccc1)C2. The van der Waals surface area contributed by atoms with Crippen LogP contribution in [0.4, 0.5) is 0 Å². The molecule has 2 aliphatic rings. The highest BCUT2D eigenvalue weighted by atomic mass is 32.2. The number of rotatable bonds is 5. The van der Waals surface area contributed by atoms with Gasteiger partial charge in [0.1, 0.15) is 0 Å². The van der Waals surface area contributed by atoms with Crippen LogP contribution in [0.3, 0.4) is 0 Å². The van der Waals surface area contributed by atoms with E-state index in [2.05, 4.69) is 0 Å². The fraction of sp³-hybridized carbons (Fsp3) is 0.562. The van der Waals surface area contributed by atoms with E-state index >= 15 is 0 Å². The number of carboxylic acids is 1. The number of sulfone groups is 1. The zero-order valence-corrected chi connectivity index (χ0v) is 13.3. The van der Waals surface area contributed by atoms with E-state index in [4.69, 9.17) is 0 Å².